The van der Waals surface area contributed by atoms with Gasteiger partial charge in [0.1, 0.15) is 0 Å². The fourth-order valence-corrected chi connectivity index (χ4v) is 2.59. The highest BCUT2D eigenvalue weighted by molar-refractivity contribution is 5.63. The van der Waals surface area contributed by atoms with Crippen LogP contribution in [0, 0.1) is 5.92 Å². The summed E-state index contributed by atoms with van der Waals surface area (Å²) >= 11 is 0. The van der Waals surface area contributed by atoms with Crippen molar-refractivity contribution >= 4 is 11.4 Å². The van der Waals surface area contributed by atoms with Crippen LogP contribution < -0.4 is 10.6 Å². The molecule has 0 atom stereocenters. The minimum absolute atomic E-state index is 0.633. The maximum Gasteiger partial charge on any atom is 0.0367 e. The molecule has 1 aromatic carbocycles. The Labute approximate surface area is 116 Å². The second-order valence-corrected chi connectivity index (χ2v) is 5.75. The van der Waals surface area contributed by atoms with Crippen molar-refractivity contribution in [1.29, 1.82) is 0 Å². The van der Waals surface area contributed by atoms with Crippen molar-refractivity contribution < 1.29 is 0 Å². The van der Waals surface area contributed by atoms with Gasteiger partial charge in [0.25, 0.3) is 0 Å². The molecule has 1 aliphatic heterocycles. The summed E-state index contributed by atoms with van der Waals surface area (Å²) < 4.78 is 0. The molecule has 1 aliphatic rings. The summed E-state index contributed by atoms with van der Waals surface area (Å²) in [6.07, 6.45) is 0. The smallest absolute Gasteiger partial charge is 0.0367 e. The first kappa shape index (κ1) is 13.9. The lowest BCUT2D eigenvalue weighted by Crippen LogP contribution is -2.47. The molecule has 1 aromatic rings. The molecular weight excluding hydrogens is 234 g/mol. The van der Waals surface area contributed by atoms with Crippen molar-refractivity contribution in [2.45, 2.75) is 13.8 Å². The molecule has 0 unspecified atom stereocenters. The maximum atomic E-state index is 5.69. The van der Waals surface area contributed by atoms with Gasteiger partial charge in [-0.25, -0.2) is 0 Å². The number of rotatable bonds is 4. The molecule has 0 saturated carbocycles. The Kier molecular flexibility index (Phi) is 4.48. The Balaban J connectivity index is 1.92. The summed E-state index contributed by atoms with van der Waals surface area (Å²) in [7, 11) is 0. The highest BCUT2D eigenvalue weighted by Crippen LogP contribution is 2.19. The minimum Gasteiger partial charge on any atom is -0.399 e. The number of nitrogens with zero attached hydrogens (tertiary/aromatic N) is 2. The summed E-state index contributed by atoms with van der Waals surface area (Å²) in [5.74, 6) is 0.751. The van der Waals surface area contributed by atoms with Gasteiger partial charge >= 0.3 is 0 Å². The predicted molar refractivity (Wildman–Crippen MR) is 83.2 cm³/mol. The molecule has 0 radical (unpaired) electrons. The van der Waals surface area contributed by atoms with Crippen LogP contribution in [-0.2, 0) is 0 Å². The van der Waals surface area contributed by atoms with Crippen molar-refractivity contribution in [2.75, 3.05) is 37.6 Å². The molecule has 2 N–H and O–H groups in total. The zero-order valence-electron chi connectivity index (χ0n) is 12.1. The highest BCUT2D eigenvalue weighted by atomic mass is 15.3. The normalized spacial score (nSPS) is 16.9. The quantitative estimate of drug-likeness (QED) is 0.901. The lowest BCUT2D eigenvalue weighted by molar-refractivity contribution is 0.231. The van der Waals surface area contributed by atoms with Crippen LogP contribution >= 0.6 is 0 Å². The molecule has 0 aromatic heterocycles. The van der Waals surface area contributed by atoms with E-state index in [1.807, 2.05) is 0 Å². The number of piperazine rings is 1. The summed E-state index contributed by atoms with van der Waals surface area (Å²) in [4.78, 5) is 5.00. The molecule has 3 heteroatoms. The first-order chi connectivity index (χ1) is 9.06. The molecule has 1 fully saturated rings. The van der Waals surface area contributed by atoms with E-state index in [1.54, 1.807) is 0 Å². The second-order valence-electron chi connectivity index (χ2n) is 5.75. The van der Waals surface area contributed by atoms with E-state index in [9.17, 15) is 0 Å². The fourth-order valence-electron chi connectivity index (χ4n) is 2.59. The Bertz CT molecular complexity index is 414. The Morgan fingerprint density at radius 2 is 1.74 bits per heavy atom. The lowest BCUT2D eigenvalue weighted by atomic mass is 10.1. The van der Waals surface area contributed by atoms with E-state index in [0.29, 0.717) is 5.70 Å². The largest absolute Gasteiger partial charge is 0.399 e. The summed E-state index contributed by atoms with van der Waals surface area (Å²) in [6, 6.07) is 8.40. The van der Waals surface area contributed by atoms with Gasteiger partial charge in [-0.05, 0) is 23.6 Å². The average molecular weight is 259 g/mol. The van der Waals surface area contributed by atoms with Gasteiger partial charge in [0.15, 0.2) is 0 Å². The molecule has 2 rings (SSSR count). The third-order valence-electron chi connectivity index (χ3n) is 3.60. The molecule has 19 heavy (non-hydrogen) atoms. The van der Waals surface area contributed by atoms with Crippen LogP contribution in [0.2, 0.25) is 0 Å². The van der Waals surface area contributed by atoms with Gasteiger partial charge in [-0.3, -0.25) is 4.90 Å². The molecule has 3 nitrogen and oxygen atoms in total. The van der Waals surface area contributed by atoms with E-state index in [0.717, 1.165) is 37.7 Å². The second kappa shape index (κ2) is 6.11. The number of anilines is 1. The summed E-state index contributed by atoms with van der Waals surface area (Å²) in [6.45, 7) is 14.1. The van der Waals surface area contributed by atoms with Crippen LogP contribution in [0.25, 0.3) is 5.70 Å². The van der Waals surface area contributed by atoms with E-state index >= 15 is 0 Å². The maximum absolute atomic E-state index is 5.69. The monoisotopic (exact) mass is 259 g/mol. The van der Waals surface area contributed by atoms with E-state index in [1.165, 1.54) is 12.2 Å². The fraction of sp³-hybridized carbons (Fsp3) is 0.500. The van der Waals surface area contributed by atoms with Crippen LogP contribution in [0.5, 0.6) is 0 Å². The summed E-state index contributed by atoms with van der Waals surface area (Å²) in [5, 5.41) is 0. The van der Waals surface area contributed by atoms with Crippen LogP contribution in [-0.4, -0.2) is 37.6 Å². The van der Waals surface area contributed by atoms with E-state index in [2.05, 4.69) is 54.5 Å². The van der Waals surface area contributed by atoms with Crippen LogP contribution in [0.1, 0.15) is 19.4 Å². The first-order valence-electron chi connectivity index (χ1n) is 7.08. The topological polar surface area (TPSA) is 32.5 Å². The van der Waals surface area contributed by atoms with E-state index in [-0.39, 0.29) is 0 Å². The van der Waals surface area contributed by atoms with Crippen LogP contribution in [0.15, 0.2) is 30.8 Å². The molecular formula is C16H25N3. The molecule has 0 aliphatic carbocycles. The van der Waals surface area contributed by atoms with Gasteiger partial charge in [0.05, 0.1) is 0 Å². The van der Waals surface area contributed by atoms with E-state index in [4.69, 9.17) is 5.73 Å². The SMILES string of the molecule is C=C(N)c1ccc(N2CCN(CC(C)C)CC2)cc1. The van der Waals surface area contributed by atoms with Crippen molar-refractivity contribution in [3.63, 3.8) is 0 Å². The summed E-state index contributed by atoms with van der Waals surface area (Å²) in [5.41, 5.74) is 8.63. The highest BCUT2D eigenvalue weighted by Gasteiger charge is 2.17. The first-order valence-corrected chi connectivity index (χ1v) is 7.08. The molecule has 104 valence electrons. The van der Waals surface area contributed by atoms with Crippen LogP contribution in [0.3, 0.4) is 0 Å². The third-order valence-corrected chi connectivity index (χ3v) is 3.60. The zero-order valence-corrected chi connectivity index (χ0v) is 12.1. The molecule has 0 amide bonds. The molecule has 0 spiro atoms. The Hall–Kier alpha value is -1.48. The number of benzene rings is 1. The Morgan fingerprint density at radius 1 is 1.16 bits per heavy atom. The Morgan fingerprint density at radius 3 is 2.21 bits per heavy atom. The van der Waals surface area contributed by atoms with Gasteiger partial charge in [-0.1, -0.05) is 32.6 Å². The standard InChI is InChI=1S/C16H25N3/c1-13(2)12-18-8-10-19(11-9-18)16-6-4-15(5-7-16)14(3)17/h4-7,13H,3,8-12,17H2,1-2H3. The van der Waals surface area contributed by atoms with Gasteiger partial charge in [-0.2, -0.15) is 0 Å². The van der Waals surface area contributed by atoms with Crippen LogP contribution in [0.4, 0.5) is 5.69 Å². The van der Waals surface area contributed by atoms with Gasteiger partial charge in [-0.15, -0.1) is 0 Å². The van der Waals surface area contributed by atoms with Crippen molar-refractivity contribution in [1.82, 2.24) is 4.90 Å². The van der Waals surface area contributed by atoms with Gasteiger partial charge < -0.3 is 10.6 Å². The molecule has 0 bridgehead atoms. The van der Waals surface area contributed by atoms with Crippen molar-refractivity contribution in [3.8, 4) is 0 Å². The number of nitrogens with two attached hydrogens (primary N) is 1. The van der Waals surface area contributed by atoms with Crippen molar-refractivity contribution in [3.05, 3.63) is 36.4 Å². The number of hydrogen-bond donors (Lipinski definition) is 1. The minimum atomic E-state index is 0.633. The average Bonchev–Trinajstić information content (AvgIpc) is 2.39. The van der Waals surface area contributed by atoms with Crippen molar-refractivity contribution in [2.24, 2.45) is 11.7 Å². The molecule has 1 saturated heterocycles. The van der Waals surface area contributed by atoms with Gasteiger partial charge in [0.2, 0.25) is 0 Å². The molecule has 1 heterocycles. The lowest BCUT2D eigenvalue weighted by Gasteiger charge is -2.36. The van der Waals surface area contributed by atoms with Gasteiger partial charge in [0, 0.05) is 44.1 Å². The predicted octanol–water partition coefficient (Wildman–Crippen LogP) is 2.39. The zero-order chi connectivity index (χ0) is 13.8. The third kappa shape index (κ3) is 3.74. The van der Waals surface area contributed by atoms with E-state index < -0.39 is 0 Å². The number of hydrogen-bond acceptors (Lipinski definition) is 3.